The summed E-state index contributed by atoms with van der Waals surface area (Å²) in [6.45, 7) is 1.97. The molecule has 0 saturated heterocycles. The van der Waals surface area contributed by atoms with Crippen molar-refractivity contribution in [2.45, 2.75) is 6.92 Å². The summed E-state index contributed by atoms with van der Waals surface area (Å²) in [5, 5.41) is 3.94. The monoisotopic (exact) mass is 287 g/mol. The highest BCUT2D eigenvalue weighted by Gasteiger charge is 2.05. The third kappa shape index (κ3) is 2.42. The molecule has 0 radical (unpaired) electrons. The summed E-state index contributed by atoms with van der Waals surface area (Å²) in [4.78, 5) is 7.68. The second kappa shape index (κ2) is 5.06. The lowest BCUT2D eigenvalue weighted by atomic mass is 10.2. The van der Waals surface area contributed by atoms with Crippen LogP contribution in [0.5, 0.6) is 5.75 Å². The van der Waals surface area contributed by atoms with Gasteiger partial charge in [-0.15, -0.1) is 0 Å². The first-order chi connectivity index (χ1) is 9.65. The molecule has 0 aliphatic rings. The van der Waals surface area contributed by atoms with Crippen LogP contribution in [-0.4, -0.2) is 17.1 Å². The van der Waals surface area contributed by atoms with Crippen molar-refractivity contribution in [3.05, 3.63) is 47.0 Å². The van der Waals surface area contributed by atoms with Crippen LogP contribution in [0.25, 0.3) is 11.0 Å². The number of benzene rings is 2. The van der Waals surface area contributed by atoms with Crippen molar-refractivity contribution in [2.24, 2.45) is 0 Å². The van der Waals surface area contributed by atoms with Gasteiger partial charge in [-0.2, -0.15) is 0 Å². The minimum absolute atomic E-state index is 0.674. The fraction of sp³-hybridized carbons (Fsp3) is 0.133. The number of nitrogens with one attached hydrogen (secondary N) is 2. The fourth-order valence-corrected chi connectivity index (χ4v) is 2.16. The Labute approximate surface area is 121 Å². The SMILES string of the molecule is COc1ccc2nc(Nc3ccc(C)c(Cl)c3)[nH]c2c1. The van der Waals surface area contributed by atoms with Gasteiger partial charge < -0.3 is 15.0 Å². The van der Waals surface area contributed by atoms with Crippen LogP contribution in [-0.2, 0) is 0 Å². The summed E-state index contributed by atoms with van der Waals surface area (Å²) >= 11 is 6.11. The van der Waals surface area contributed by atoms with Gasteiger partial charge in [0.05, 0.1) is 18.1 Å². The van der Waals surface area contributed by atoms with Gasteiger partial charge in [0.1, 0.15) is 5.75 Å². The number of ether oxygens (including phenoxy) is 1. The molecule has 2 N–H and O–H groups in total. The molecule has 0 aliphatic heterocycles. The van der Waals surface area contributed by atoms with E-state index in [1.54, 1.807) is 7.11 Å². The zero-order valence-electron chi connectivity index (χ0n) is 11.2. The van der Waals surface area contributed by atoms with Gasteiger partial charge in [0, 0.05) is 16.8 Å². The third-order valence-corrected chi connectivity index (χ3v) is 3.53. The molecule has 2 aromatic carbocycles. The second-order valence-electron chi connectivity index (χ2n) is 4.56. The van der Waals surface area contributed by atoms with Gasteiger partial charge in [-0.05, 0) is 36.8 Å². The number of halogens is 1. The van der Waals surface area contributed by atoms with Crippen molar-refractivity contribution in [3.8, 4) is 5.75 Å². The zero-order chi connectivity index (χ0) is 14.1. The average Bonchev–Trinajstić information content (AvgIpc) is 2.84. The van der Waals surface area contributed by atoms with E-state index < -0.39 is 0 Å². The van der Waals surface area contributed by atoms with E-state index >= 15 is 0 Å². The van der Waals surface area contributed by atoms with Gasteiger partial charge in [-0.3, -0.25) is 0 Å². The number of anilines is 2. The lowest BCUT2D eigenvalue weighted by Gasteiger charge is -2.04. The Bertz CT molecular complexity index is 767. The molecule has 1 aromatic heterocycles. The highest BCUT2D eigenvalue weighted by molar-refractivity contribution is 6.31. The van der Waals surface area contributed by atoms with E-state index in [2.05, 4.69) is 15.3 Å². The number of hydrogen-bond donors (Lipinski definition) is 2. The number of imidazole rings is 1. The van der Waals surface area contributed by atoms with Crippen molar-refractivity contribution in [3.63, 3.8) is 0 Å². The molecule has 3 rings (SSSR count). The highest BCUT2D eigenvalue weighted by atomic mass is 35.5. The molecule has 0 atom stereocenters. The summed E-state index contributed by atoms with van der Waals surface area (Å²) < 4.78 is 5.19. The Hall–Kier alpha value is -2.20. The molecule has 0 spiro atoms. The number of H-pyrrole nitrogens is 1. The summed E-state index contributed by atoms with van der Waals surface area (Å²) in [6.07, 6.45) is 0. The summed E-state index contributed by atoms with van der Waals surface area (Å²) in [6, 6.07) is 11.5. The Morgan fingerprint density at radius 2 is 2.05 bits per heavy atom. The third-order valence-electron chi connectivity index (χ3n) is 3.12. The van der Waals surface area contributed by atoms with Crippen LogP contribution < -0.4 is 10.1 Å². The maximum Gasteiger partial charge on any atom is 0.205 e. The van der Waals surface area contributed by atoms with Crippen molar-refractivity contribution < 1.29 is 4.74 Å². The number of methoxy groups -OCH3 is 1. The Kier molecular flexibility index (Phi) is 3.24. The van der Waals surface area contributed by atoms with Gasteiger partial charge in [-0.25, -0.2) is 4.98 Å². The van der Waals surface area contributed by atoms with Crippen LogP contribution in [0.4, 0.5) is 11.6 Å². The average molecular weight is 288 g/mol. The number of aryl methyl sites for hydroxylation is 1. The highest BCUT2D eigenvalue weighted by Crippen LogP contribution is 2.24. The number of fused-ring (bicyclic) bond motifs is 1. The smallest absolute Gasteiger partial charge is 0.205 e. The maximum absolute atomic E-state index is 6.11. The number of nitrogens with zero attached hydrogens (tertiary/aromatic N) is 1. The fourth-order valence-electron chi connectivity index (χ4n) is 1.98. The summed E-state index contributed by atoms with van der Waals surface area (Å²) in [5.41, 5.74) is 3.75. The van der Waals surface area contributed by atoms with Gasteiger partial charge >= 0.3 is 0 Å². The quantitative estimate of drug-likeness (QED) is 0.756. The minimum Gasteiger partial charge on any atom is -0.497 e. The molecule has 4 nitrogen and oxygen atoms in total. The molecule has 0 amide bonds. The van der Waals surface area contributed by atoms with E-state index in [9.17, 15) is 0 Å². The molecule has 20 heavy (non-hydrogen) atoms. The molecule has 0 unspecified atom stereocenters. The van der Waals surface area contributed by atoms with E-state index in [4.69, 9.17) is 16.3 Å². The van der Waals surface area contributed by atoms with Gasteiger partial charge in [0.2, 0.25) is 5.95 Å². The Morgan fingerprint density at radius 1 is 1.20 bits per heavy atom. The van der Waals surface area contributed by atoms with E-state index in [-0.39, 0.29) is 0 Å². The first-order valence-corrected chi connectivity index (χ1v) is 6.60. The number of rotatable bonds is 3. The largest absolute Gasteiger partial charge is 0.497 e. The molecule has 5 heteroatoms. The molecule has 1 heterocycles. The molecular weight excluding hydrogens is 274 g/mol. The van der Waals surface area contributed by atoms with E-state index in [1.807, 2.05) is 43.3 Å². The van der Waals surface area contributed by atoms with E-state index in [0.717, 1.165) is 33.1 Å². The van der Waals surface area contributed by atoms with Gasteiger partial charge in [0.15, 0.2) is 0 Å². The molecular formula is C15H14ClN3O. The number of hydrogen-bond acceptors (Lipinski definition) is 3. The molecule has 102 valence electrons. The first kappa shape index (κ1) is 12.8. The first-order valence-electron chi connectivity index (χ1n) is 6.22. The van der Waals surface area contributed by atoms with E-state index in [0.29, 0.717) is 5.95 Å². The molecule has 3 aromatic rings. The van der Waals surface area contributed by atoms with Crippen molar-refractivity contribution in [2.75, 3.05) is 12.4 Å². The van der Waals surface area contributed by atoms with Crippen molar-refractivity contribution in [1.29, 1.82) is 0 Å². The van der Waals surface area contributed by atoms with Crippen LogP contribution in [0.15, 0.2) is 36.4 Å². The van der Waals surface area contributed by atoms with Gasteiger partial charge in [0.25, 0.3) is 0 Å². The lowest BCUT2D eigenvalue weighted by molar-refractivity contribution is 0.415. The topological polar surface area (TPSA) is 49.9 Å². The van der Waals surface area contributed by atoms with Crippen LogP contribution in [0.2, 0.25) is 5.02 Å². The predicted molar refractivity (Wildman–Crippen MR) is 82.1 cm³/mol. The van der Waals surface area contributed by atoms with Gasteiger partial charge in [-0.1, -0.05) is 17.7 Å². The molecule has 0 fully saturated rings. The maximum atomic E-state index is 6.11. The van der Waals surface area contributed by atoms with Crippen LogP contribution in [0, 0.1) is 6.92 Å². The van der Waals surface area contributed by atoms with Crippen LogP contribution in [0.1, 0.15) is 5.56 Å². The zero-order valence-corrected chi connectivity index (χ0v) is 12.0. The minimum atomic E-state index is 0.674. The van der Waals surface area contributed by atoms with Crippen molar-refractivity contribution >= 4 is 34.3 Å². The van der Waals surface area contributed by atoms with Crippen LogP contribution in [0.3, 0.4) is 0 Å². The Balaban J connectivity index is 1.92. The molecule has 0 saturated carbocycles. The number of aromatic amines is 1. The van der Waals surface area contributed by atoms with E-state index in [1.165, 1.54) is 0 Å². The molecule has 0 aliphatic carbocycles. The molecule has 0 bridgehead atoms. The Morgan fingerprint density at radius 3 is 2.80 bits per heavy atom. The second-order valence-corrected chi connectivity index (χ2v) is 4.96. The normalized spacial score (nSPS) is 10.8. The lowest BCUT2D eigenvalue weighted by Crippen LogP contribution is -1.92. The standard InChI is InChI=1S/C15H14ClN3O/c1-9-3-4-10(7-12(9)16)17-15-18-13-6-5-11(20-2)8-14(13)19-15/h3-8H,1-2H3,(H2,17,18,19). The van der Waals surface area contributed by atoms with Crippen molar-refractivity contribution in [1.82, 2.24) is 9.97 Å². The number of aromatic nitrogens is 2. The predicted octanol–water partition coefficient (Wildman–Crippen LogP) is 4.28. The summed E-state index contributed by atoms with van der Waals surface area (Å²) in [7, 11) is 1.64. The van der Waals surface area contributed by atoms with Crippen LogP contribution >= 0.6 is 11.6 Å². The summed E-state index contributed by atoms with van der Waals surface area (Å²) in [5.74, 6) is 1.47.